The van der Waals surface area contributed by atoms with Gasteiger partial charge in [0, 0.05) is 31.5 Å². The van der Waals surface area contributed by atoms with Crippen molar-refractivity contribution in [3.8, 4) is 11.8 Å². The average molecular weight is 350 g/mol. The Labute approximate surface area is 151 Å². The van der Waals surface area contributed by atoms with Crippen LogP contribution in [0.4, 0.5) is 17.1 Å². The van der Waals surface area contributed by atoms with Gasteiger partial charge >= 0.3 is 0 Å². The Morgan fingerprint density at radius 2 is 1.62 bits per heavy atom. The number of nitriles is 1. The Morgan fingerprint density at radius 3 is 2.12 bits per heavy atom. The van der Waals surface area contributed by atoms with Crippen molar-refractivity contribution >= 4 is 28.9 Å². The fraction of sp³-hybridized carbons (Fsp3) is 0.105. The van der Waals surface area contributed by atoms with Gasteiger partial charge in [-0.3, -0.25) is 9.59 Å². The van der Waals surface area contributed by atoms with Gasteiger partial charge in [0.05, 0.1) is 5.69 Å². The third-order valence-corrected chi connectivity index (χ3v) is 3.60. The summed E-state index contributed by atoms with van der Waals surface area (Å²) in [5.41, 5.74) is 6.89. The molecule has 2 aromatic rings. The largest absolute Gasteiger partial charge is 0.508 e. The molecule has 0 aliphatic heterocycles. The van der Waals surface area contributed by atoms with Crippen LogP contribution < -0.4 is 15.5 Å². The molecule has 0 fully saturated rings. The quantitative estimate of drug-likeness (QED) is 0.498. The maximum absolute atomic E-state index is 12.7. The molecule has 0 radical (unpaired) electrons. The number of phenolic OH excluding ortho intramolecular Hbond substituents is 1. The molecule has 0 heterocycles. The van der Waals surface area contributed by atoms with Gasteiger partial charge < -0.3 is 15.7 Å². The molecule has 7 nitrogen and oxygen atoms in total. The monoisotopic (exact) mass is 350 g/mol. The highest BCUT2D eigenvalue weighted by atomic mass is 16.3. The minimum atomic E-state index is -0.740. The Hall–Kier alpha value is -3.79. The highest BCUT2D eigenvalue weighted by Gasteiger charge is 2.24. The van der Waals surface area contributed by atoms with Gasteiger partial charge in [-0.1, -0.05) is 0 Å². The molecule has 0 bridgehead atoms. The smallest absolute Gasteiger partial charge is 0.277 e. The van der Waals surface area contributed by atoms with Gasteiger partial charge in [-0.2, -0.15) is 5.26 Å². The standard InChI is InChI=1S/C19H18N4O3/c1-13(24)23(17-5-3-15(21)4-6-17)19(26)14(11-20)12-22(2)16-7-9-18(25)10-8-16/h3-10,12,25H,21H2,1-2H3/b14-12-. The summed E-state index contributed by atoms with van der Waals surface area (Å²) in [4.78, 5) is 27.2. The van der Waals surface area contributed by atoms with Gasteiger partial charge in [-0.15, -0.1) is 0 Å². The van der Waals surface area contributed by atoms with E-state index in [2.05, 4.69) is 0 Å². The molecule has 7 heteroatoms. The SMILES string of the molecule is CC(=O)N(C(=O)/C(C#N)=C\N(C)c1ccc(O)cc1)c1ccc(N)cc1. The molecule has 0 unspecified atom stereocenters. The van der Waals surface area contributed by atoms with Crippen LogP contribution in [0.1, 0.15) is 6.92 Å². The second kappa shape index (κ2) is 7.85. The number of carbonyl (C=O) groups is 2. The van der Waals surface area contributed by atoms with Crippen molar-refractivity contribution in [3.05, 3.63) is 60.3 Å². The topological polar surface area (TPSA) is 111 Å². The number of hydrogen-bond donors (Lipinski definition) is 2. The summed E-state index contributed by atoms with van der Waals surface area (Å²) in [5, 5.41) is 18.7. The zero-order valence-corrected chi connectivity index (χ0v) is 14.4. The lowest BCUT2D eigenvalue weighted by atomic mass is 10.2. The van der Waals surface area contributed by atoms with Crippen LogP contribution in [-0.4, -0.2) is 24.0 Å². The molecule has 0 saturated carbocycles. The predicted molar refractivity (Wildman–Crippen MR) is 99.2 cm³/mol. The van der Waals surface area contributed by atoms with Crippen molar-refractivity contribution in [1.82, 2.24) is 0 Å². The number of phenols is 1. The highest BCUT2D eigenvalue weighted by Crippen LogP contribution is 2.21. The lowest BCUT2D eigenvalue weighted by molar-refractivity contribution is -0.123. The second-order valence-corrected chi connectivity index (χ2v) is 5.53. The number of nitrogens with zero attached hydrogens (tertiary/aromatic N) is 3. The number of benzene rings is 2. The Kier molecular flexibility index (Phi) is 5.60. The molecule has 26 heavy (non-hydrogen) atoms. The van der Waals surface area contributed by atoms with Gasteiger partial charge in [0.1, 0.15) is 17.4 Å². The van der Waals surface area contributed by atoms with Crippen LogP contribution in [0.15, 0.2) is 60.3 Å². The van der Waals surface area contributed by atoms with E-state index in [0.29, 0.717) is 17.1 Å². The highest BCUT2D eigenvalue weighted by molar-refractivity contribution is 6.21. The van der Waals surface area contributed by atoms with E-state index in [1.165, 1.54) is 37.4 Å². The van der Waals surface area contributed by atoms with Crippen molar-refractivity contribution in [2.45, 2.75) is 6.92 Å². The summed E-state index contributed by atoms with van der Waals surface area (Å²) in [6, 6.07) is 14.3. The first kappa shape index (κ1) is 18.5. The molecule has 0 aliphatic carbocycles. The van der Waals surface area contributed by atoms with Crippen LogP contribution in [0.25, 0.3) is 0 Å². The fourth-order valence-electron chi connectivity index (χ4n) is 2.27. The van der Waals surface area contributed by atoms with Crippen LogP contribution in [0.2, 0.25) is 0 Å². The van der Waals surface area contributed by atoms with Crippen LogP contribution in [0, 0.1) is 11.3 Å². The van der Waals surface area contributed by atoms with Crippen molar-refractivity contribution in [3.63, 3.8) is 0 Å². The molecule has 0 spiro atoms. The van der Waals surface area contributed by atoms with Gasteiger partial charge in [0.2, 0.25) is 5.91 Å². The number of nitrogen functional groups attached to an aromatic ring is 1. The Morgan fingerprint density at radius 1 is 1.08 bits per heavy atom. The van der Waals surface area contributed by atoms with E-state index in [1.54, 1.807) is 36.2 Å². The van der Waals surface area contributed by atoms with Crippen molar-refractivity contribution < 1.29 is 14.7 Å². The van der Waals surface area contributed by atoms with E-state index in [9.17, 15) is 20.0 Å². The summed E-state index contributed by atoms with van der Waals surface area (Å²) in [6.07, 6.45) is 1.34. The maximum Gasteiger partial charge on any atom is 0.277 e. The number of aromatic hydroxyl groups is 1. The zero-order chi connectivity index (χ0) is 19.3. The second-order valence-electron chi connectivity index (χ2n) is 5.53. The normalized spacial score (nSPS) is 10.7. The molecular formula is C19H18N4O3. The molecule has 2 amide bonds. The number of hydrogen-bond acceptors (Lipinski definition) is 6. The lowest BCUT2D eigenvalue weighted by Crippen LogP contribution is -2.36. The lowest BCUT2D eigenvalue weighted by Gasteiger charge is -2.20. The van der Waals surface area contributed by atoms with Gasteiger partial charge in [0.25, 0.3) is 5.91 Å². The van der Waals surface area contributed by atoms with E-state index < -0.39 is 11.8 Å². The molecule has 0 aromatic heterocycles. The summed E-state index contributed by atoms with van der Waals surface area (Å²) in [5.74, 6) is -1.16. The summed E-state index contributed by atoms with van der Waals surface area (Å²) in [6.45, 7) is 1.24. The van der Waals surface area contributed by atoms with Crippen molar-refractivity contribution in [2.75, 3.05) is 22.6 Å². The van der Waals surface area contributed by atoms with E-state index in [4.69, 9.17) is 5.73 Å². The predicted octanol–water partition coefficient (Wildman–Crippen LogP) is 2.40. The number of carbonyl (C=O) groups excluding carboxylic acids is 2. The van der Waals surface area contributed by atoms with Crippen molar-refractivity contribution in [1.29, 1.82) is 5.26 Å². The third kappa shape index (κ3) is 4.19. The maximum atomic E-state index is 12.7. The molecule has 0 atom stereocenters. The van der Waals surface area contributed by atoms with E-state index in [1.807, 2.05) is 6.07 Å². The van der Waals surface area contributed by atoms with Crippen LogP contribution in [-0.2, 0) is 9.59 Å². The number of anilines is 3. The van der Waals surface area contributed by atoms with Gasteiger partial charge in [0.15, 0.2) is 0 Å². The van der Waals surface area contributed by atoms with E-state index in [0.717, 1.165) is 4.90 Å². The molecular weight excluding hydrogens is 332 g/mol. The summed E-state index contributed by atoms with van der Waals surface area (Å²) < 4.78 is 0. The van der Waals surface area contributed by atoms with E-state index in [-0.39, 0.29) is 11.3 Å². The van der Waals surface area contributed by atoms with Crippen LogP contribution in [0.3, 0.4) is 0 Å². The molecule has 3 N–H and O–H groups in total. The minimum Gasteiger partial charge on any atom is -0.508 e. The molecule has 2 rings (SSSR count). The average Bonchev–Trinajstić information content (AvgIpc) is 2.61. The fourth-order valence-corrected chi connectivity index (χ4v) is 2.27. The third-order valence-electron chi connectivity index (χ3n) is 3.60. The first-order valence-electron chi connectivity index (χ1n) is 7.68. The van der Waals surface area contributed by atoms with E-state index >= 15 is 0 Å². The molecule has 0 saturated heterocycles. The van der Waals surface area contributed by atoms with Gasteiger partial charge in [-0.25, -0.2) is 4.90 Å². The first-order chi connectivity index (χ1) is 12.3. The molecule has 2 aromatic carbocycles. The minimum absolute atomic E-state index is 0.105. The van der Waals surface area contributed by atoms with Crippen LogP contribution in [0.5, 0.6) is 5.75 Å². The molecule has 132 valence electrons. The Balaban J connectivity index is 2.35. The summed E-state index contributed by atoms with van der Waals surface area (Å²) >= 11 is 0. The zero-order valence-electron chi connectivity index (χ0n) is 14.4. The van der Waals surface area contributed by atoms with Crippen molar-refractivity contribution in [2.24, 2.45) is 0 Å². The Bertz CT molecular complexity index is 880. The summed E-state index contributed by atoms with van der Waals surface area (Å²) in [7, 11) is 1.65. The molecule has 0 aliphatic rings. The van der Waals surface area contributed by atoms with Crippen LogP contribution >= 0.6 is 0 Å². The number of imide groups is 1. The van der Waals surface area contributed by atoms with Gasteiger partial charge in [-0.05, 0) is 48.5 Å². The number of amides is 2. The number of rotatable bonds is 4. The first-order valence-corrected chi connectivity index (χ1v) is 7.68. The number of nitrogens with two attached hydrogens (primary N) is 1.